The van der Waals surface area contributed by atoms with E-state index in [1.807, 2.05) is 0 Å². The van der Waals surface area contributed by atoms with Gasteiger partial charge in [0.1, 0.15) is 11.0 Å². The average molecular weight is 836 g/mol. The fourth-order valence-corrected chi connectivity index (χ4v) is 4.69. The Hall–Kier alpha value is -3.79. The predicted molar refractivity (Wildman–Crippen MR) is 163 cm³/mol. The third-order valence-electron chi connectivity index (χ3n) is 5.97. The quantitative estimate of drug-likeness (QED) is 0.0751. The summed E-state index contributed by atoms with van der Waals surface area (Å²) in [4.78, 5) is 11.7. The zero-order valence-corrected chi connectivity index (χ0v) is 26.8. The van der Waals surface area contributed by atoms with Gasteiger partial charge in [0.25, 0.3) is 0 Å². The molecular formula is C30H12Cl2CuF6IN4O2. The van der Waals surface area contributed by atoms with Crippen molar-refractivity contribution in [2.45, 2.75) is 12.4 Å². The standard InChI is InChI=1S/C15H6ClF3N2O.C14H6ClF3INO.CN.Cu/c1-20-10-6-7-11-13(12(10)16)22-14(21-11)8-2-4-9(5-3-8)15(17,18)19;15-11-9(19)5-6-10-12(11)21-13(20-10)7-1-3-8(4-2-7)14(16,17)18;1-2;/h2-7H;1-6H;;/q;;-1;+1. The maximum absolute atomic E-state index is 12.5. The first-order chi connectivity index (χ1) is 21.3. The second kappa shape index (κ2) is 14.8. The molecule has 0 spiro atoms. The monoisotopic (exact) mass is 834 g/mol. The Morgan fingerprint density at radius 1 is 0.652 bits per heavy atom. The molecule has 0 aliphatic rings. The summed E-state index contributed by atoms with van der Waals surface area (Å²) < 4.78 is 87.1. The first kappa shape index (κ1) is 36.7. The van der Waals surface area contributed by atoms with Crippen LogP contribution in [-0.4, -0.2) is 9.97 Å². The van der Waals surface area contributed by atoms with Crippen molar-refractivity contribution in [2.24, 2.45) is 0 Å². The van der Waals surface area contributed by atoms with Gasteiger partial charge in [0.15, 0.2) is 11.2 Å². The van der Waals surface area contributed by atoms with Gasteiger partial charge in [-0.2, -0.15) is 26.3 Å². The van der Waals surface area contributed by atoms with E-state index in [1.165, 1.54) is 30.3 Å². The molecule has 0 saturated heterocycles. The first-order valence-corrected chi connectivity index (χ1v) is 13.9. The van der Waals surface area contributed by atoms with Crippen LogP contribution in [0.5, 0.6) is 0 Å². The molecule has 46 heavy (non-hydrogen) atoms. The molecule has 0 radical (unpaired) electrons. The summed E-state index contributed by atoms with van der Waals surface area (Å²) in [5, 5.41) is 6.83. The van der Waals surface area contributed by atoms with Gasteiger partial charge < -0.3 is 20.7 Å². The van der Waals surface area contributed by atoms with Crippen LogP contribution in [0.3, 0.4) is 0 Å². The minimum absolute atomic E-state index is 0. The topological polar surface area (TPSA) is 80.2 Å². The Labute approximate surface area is 290 Å². The molecule has 0 aliphatic heterocycles. The van der Waals surface area contributed by atoms with Crippen molar-refractivity contribution < 1.29 is 52.2 Å². The van der Waals surface area contributed by atoms with Crippen molar-refractivity contribution in [2.75, 3.05) is 0 Å². The van der Waals surface area contributed by atoms with E-state index in [9.17, 15) is 26.3 Å². The van der Waals surface area contributed by atoms with Gasteiger partial charge in [0, 0.05) is 14.7 Å². The number of halogens is 9. The largest absolute Gasteiger partial charge is 1.00 e. The van der Waals surface area contributed by atoms with Crippen LogP contribution in [-0.2, 0) is 29.4 Å². The van der Waals surface area contributed by atoms with Crippen LogP contribution in [0.25, 0.3) is 50.0 Å². The molecule has 0 bridgehead atoms. The maximum atomic E-state index is 12.5. The summed E-state index contributed by atoms with van der Waals surface area (Å²) in [6, 6.07) is 15.7. The van der Waals surface area contributed by atoms with Crippen LogP contribution in [0, 0.1) is 22.0 Å². The van der Waals surface area contributed by atoms with Gasteiger partial charge in [0.2, 0.25) is 17.5 Å². The van der Waals surface area contributed by atoms with E-state index in [-0.39, 0.29) is 45.1 Å². The van der Waals surface area contributed by atoms with Crippen LogP contribution in [0.15, 0.2) is 81.6 Å². The van der Waals surface area contributed by atoms with Crippen molar-refractivity contribution in [3.8, 4) is 22.9 Å². The van der Waals surface area contributed by atoms with E-state index in [0.717, 1.165) is 27.8 Å². The first-order valence-electron chi connectivity index (χ1n) is 12.0. The molecule has 0 N–H and O–H groups in total. The van der Waals surface area contributed by atoms with E-state index < -0.39 is 23.5 Å². The van der Waals surface area contributed by atoms with Crippen molar-refractivity contribution in [1.29, 1.82) is 5.26 Å². The molecule has 0 atom stereocenters. The number of hydrogen-bond donors (Lipinski definition) is 0. The van der Waals surface area contributed by atoms with E-state index in [4.69, 9.17) is 50.4 Å². The molecule has 2 heterocycles. The van der Waals surface area contributed by atoms with Gasteiger partial charge in [-0.3, -0.25) is 0 Å². The summed E-state index contributed by atoms with van der Waals surface area (Å²) >= 11 is 14.2. The molecule has 0 unspecified atom stereocenters. The molecule has 16 heteroatoms. The van der Waals surface area contributed by atoms with Crippen LogP contribution < -0.4 is 0 Å². The zero-order valence-electron chi connectivity index (χ0n) is 22.2. The number of aromatic nitrogens is 2. The summed E-state index contributed by atoms with van der Waals surface area (Å²) in [5.41, 5.74) is 1.29. The summed E-state index contributed by atoms with van der Waals surface area (Å²) in [6.45, 7) is 11.7. The Morgan fingerprint density at radius 2 is 1.04 bits per heavy atom. The number of nitrogens with zero attached hydrogens (tertiary/aromatic N) is 4. The zero-order chi connectivity index (χ0) is 33.1. The Balaban J connectivity index is 0.000000233. The minimum Gasteiger partial charge on any atom is -0.512 e. The Kier molecular flexibility index (Phi) is 11.8. The molecule has 6 aromatic rings. The molecular weight excluding hydrogens is 824 g/mol. The van der Waals surface area contributed by atoms with Crippen molar-refractivity contribution in [3.05, 3.63) is 116 Å². The van der Waals surface area contributed by atoms with Gasteiger partial charge in [-0.05, 0) is 89.3 Å². The molecule has 0 amide bonds. The predicted octanol–water partition coefficient (Wildman–Crippen LogP) is 11.6. The number of fused-ring (bicyclic) bond motifs is 2. The smallest absolute Gasteiger partial charge is 0.512 e. The molecule has 6 nitrogen and oxygen atoms in total. The van der Waals surface area contributed by atoms with E-state index in [0.29, 0.717) is 32.8 Å². The van der Waals surface area contributed by atoms with Crippen LogP contribution in [0.1, 0.15) is 11.1 Å². The Bertz CT molecular complexity index is 2050. The van der Waals surface area contributed by atoms with Gasteiger partial charge in [0.05, 0.1) is 27.7 Å². The fourth-order valence-electron chi connectivity index (χ4n) is 3.82. The number of hydrogen-bond acceptors (Lipinski definition) is 5. The van der Waals surface area contributed by atoms with Crippen LogP contribution >= 0.6 is 45.8 Å². The molecule has 0 fully saturated rings. The molecule has 238 valence electrons. The van der Waals surface area contributed by atoms with Crippen LogP contribution in [0.4, 0.5) is 32.0 Å². The van der Waals surface area contributed by atoms with Gasteiger partial charge in [-0.1, -0.05) is 29.3 Å². The van der Waals surface area contributed by atoms with Crippen molar-refractivity contribution >= 4 is 73.7 Å². The van der Waals surface area contributed by atoms with Gasteiger partial charge in [-0.25, -0.2) is 14.8 Å². The molecule has 0 aliphatic carbocycles. The summed E-state index contributed by atoms with van der Waals surface area (Å²) in [5.74, 6) is 0.385. The third-order valence-corrected chi connectivity index (χ3v) is 7.92. The Morgan fingerprint density at radius 3 is 1.43 bits per heavy atom. The number of benzene rings is 4. The van der Waals surface area contributed by atoms with E-state index >= 15 is 0 Å². The SMILES string of the molecule is FC(F)(F)c1ccc(-c2nc3ccc(I)c(Cl)c3o2)cc1.[C-]#N.[C-]#[N+]c1ccc2nc(-c3ccc(C(F)(F)F)cc3)oc2c1Cl.[Cu+]. The minimum atomic E-state index is -4.40. The summed E-state index contributed by atoms with van der Waals surface area (Å²) in [7, 11) is 0. The second-order valence-electron chi connectivity index (χ2n) is 8.76. The van der Waals surface area contributed by atoms with Crippen molar-refractivity contribution in [1.82, 2.24) is 9.97 Å². The normalized spacial score (nSPS) is 11.1. The number of oxazole rings is 2. The van der Waals surface area contributed by atoms with Gasteiger partial charge in [-0.15, -0.1) is 0 Å². The van der Waals surface area contributed by atoms with E-state index in [1.54, 1.807) is 18.2 Å². The molecule has 6 rings (SSSR count). The van der Waals surface area contributed by atoms with Crippen LogP contribution in [0.2, 0.25) is 10.0 Å². The maximum Gasteiger partial charge on any atom is 1.00 e. The second-order valence-corrected chi connectivity index (χ2v) is 10.7. The third kappa shape index (κ3) is 7.94. The number of rotatable bonds is 2. The van der Waals surface area contributed by atoms with Crippen molar-refractivity contribution in [3.63, 3.8) is 0 Å². The molecule has 4 aromatic carbocycles. The number of alkyl halides is 6. The summed E-state index contributed by atoms with van der Waals surface area (Å²) in [6.07, 6.45) is -8.76. The van der Waals surface area contributed by atoms with Gasteiger partial charge >= 0.3 is 29.4 Å². The average Bonchev–Trinajstić information content (AvgIpc) is 3.66. The molecule has 0 saturated carbocycles. The fraction of sp³-hybridized carbons (Fsp3) is 0.0667. The molecule has 2 aromatic heterocycles. The van der Waals surface area contributed by atoms with E-state index in [2.05, 4.69) is 37.4 Å².